The topological polar surface area (TPSA) is 41.1 Å². The summed E-state index contributed by atoms with van der Waals surface area (Å²) in [5.41, 5.74) is 0.572. The summed E-state index contributed by atoms with van der Waals surface area (Å²) in [4.78, 5) is 11.5. The molecule has 0 aliphatic heterocycles. The quantitative estimate of drug-likeness (QED) is 0.887. The lowest BCUT2D eigenvalue weighted by atomic mass is 9.94. The highest BCUT2D eigenvalue weighted by molar-refractivity contribution is 6.30. The van der Waals surface area contributed by atoms with Gasteiger partial charge in [0, 0.05) is 5.02 Å². The molecule has 0 aromatic heterocycles. The van der Waals surface area contributed by atoms with Crippen LogP contribution in [0.5, 0.6) is 0 Å². The number of nitrogens with one attached hydrogen (secondary N) is 2. The summed E-state index contributed by atoms with van der Waals surface area (Å²) in [5, 5.41) is 6.43. The van der Waals surface area contributed by atoms with Crippen LogP contribution in [0.3, 0.4) is 0 Å². The molecule has 0 spiro atoms. The second-order valence-electron chi connectivity index (χ2n) is 4.21. The average molecular weight is 277 g/mol. The van der Waals surface area contributed by atoms with E-state index >= 15 is 0 Å². The predicted octanol–water partition coefficient (Wildman–Crippen LogP) is 2.33. The Morgan fingerprint density at radius 1 is 1.41 bits per heavy atom. The van der Waals surface area contributed by atoms with Gasteiger partial charge in [0.1, 0.15) is 0 Å². The summed E-state index contributed by atoms with van der Waals surface area (Å²) >= 11 is 5.92. The van der Waals surface area contributed by atoms with Gasteiger partial charge in [-0.05, 0) is 38.6 Å². The zero-order valence-electron chi connectivity index (χ0n) is 10.2. The van der Waals surface area contributed by atoms with Gasteiger partial charge in [-0.2, -0.15) is 0 Å². The Bertz CT molecular complexity index is 381. The number of carbonyl (C=O) groups is 1. The number of likely N-dealkylation sites (N-methyl/N-ethyl adjacent to an activating group) is 1. The Hall–Kier alpha value is -0.770. The lowest BCUT2D eigenvalue weighted by Gasteiger charge is -2.27. The molecule has 1 amide bonds. The van der Waals surface area contributed by atoms with Crippen LogP contribution in [0.1, 0.15) is 19.4 Å². The van der Waals surface area contributed by atoms with E-state index in [-0.39, 0.29) is 18.3 Å². The first-order valence-electron chi connectivity index (χ1n) is 5.17. The number of benzene rings is 1. The second-order valence-corrected chi connectivity index (χ2v) is 4.65. The van der Waals surface area contributed by atoms with Crippen molar-refractivity contribution in [3.63, 3.8) is 0 Å². The van der Waals surface area contributed by atoms with Gasteiger partial charge in [0.05, 0.1) is 12.1 Å². The van der Waals surface area contributed by atoms with Crippen LogP contribution < -0.4 is 10.6 Å². The van der Waals surface area contributed by atoms with E-state index in [1.165, 1.54) is 0 Å². The fraction of sp³-hybridized carbons (Fsp3) is 0.417. The highest BCUT2D eigenvalue weighted by Gasteiger charge is 2.22. The highest BCUT2D eigenvalue weighted by Crippen LogP contribution is 2.22. The van der Waals surface area contributed by atoms with Crippen LogP contribution in [-0.2, 0) is 10.3 Å². The van der Waals surface area contributed by atoms with Crippen LogP contribution in [0.25, 0.3) is 0 Å². The van der Waals surface area contributed by atoms with Crippen LogP contribution >= 0.6 is 24.0 Å². The standard InChI is InChI=1S/C12H17ClN2O.ClH/c1-12(2,15-11(16)8-14-3)9-5-4-6-10(13)7-9;/h4-7,14H,8H2,1-3H3,(H,15,16);1H. The van der Waals surface area contributed by atoms with E-state index in [1.54, 1.807) is 7.05 Å². The Kier molecular flexibility index (Phi) is 6.53. The van der Waals surface area contributed by atoms with Crippen molar-refractivity contribution >= 4 is 29.9 Å². The van der Waals surface area contributed by atoms with Gasteiger partial charge >= 0.3 is 0 Å². The number of amides is 1. The van der Waals surface area contributed by atoms with Crippen molar-refractivity contribution in [3.05, 3.63) is 34.9 Å². The zero-order chi connectivity index (χ0) is 12.2. The third-order valence-corrected chi connectivity index (χ3v) is 2.57. The fourth-order valence-electron chi connectivity index (χ4n) is 1.50. The number of hydrogen-bond acceptors (Lipinski definition) is 2. The van der Waals surface area contributed by atoms with Crippen molar-refractivity contribution in [2.75, 3.05) is 13.6 Å². The maximum Gasteiger partial charge on any atom is 0.234 e. The minimum Gasteiger partial charge on any atom is -0.346 e. The smallest absolute Gasteiger partial charge is 0.234 e. The van der Waals surface area contributed by atoms with E-state index in [9.17, 15) is 4.79 Å². The third kappa shape index (κ3) is 4.94. The minimum atomic E-state index is -0.418. The molecule has 1 aromatic rings. The fourth-order valence-corrected chi connectivity index (χ4v) is 1.69. The summed E-state index contributed by atoms with van der Waals surface area (Å²) in [6.07, 6.45) is 0. The van der Waals surface area contributed by atoms with Crippen LogP contribution in [0.4, 0.5) is 0 Å². The Morgan fingerprint density at radius 2 is 2.06 bits per heavy atom. The van der Waals surface area contributed by atoms with Crippen LogP contribution in [0.15, 0.2) is 24.3 Å². The van der Waals surface area contributed by atoms with Gasteiger partial charge in [0.2, 0.25) is 5.91 Å². The van der Waals surface area contributed by atoms with Crippen molar-refractivity contribution in [3.8, 4) is 0 Å². The Morgan fingerprint density at radius 3 is 2.59 bits per heavy atom. The van der Waals surface area contributed by atoms with Crippen molar-refractivity contribution in [2.24, 2.45) is 0 Å². The predicted molar refractivity (Wildman–Crippen MR) is 73.8 cm³/mol. The lowest BCUT2D eigenvalue weighted by Crippen LogP contribution is -2.44. The summed E-state index contributed by atoms with van der Waals surface area (Å²) in [5.74, 6) is -0.0347. The van der Waals surface area contributed by atoms with Crippen LogP contribution in [0.2, 0.25) is 5.02 Å². The van der Waals surface area contributed by atoms with Crippen molar-refractivity contribution in [2.45, 2.75) is 19.4 Å². The number of hydrogen-bond donors (Lipinski definition) is 2. The van der Waals surface area contributed by atoms with Gasteiger partial charge in [0.15, 0.2) is 0 Å². The molecule has 0 unspecified atom stereocenters. The van der Waals surface area contributed by atoms with E-state index in [4.69, 9.17) is 11.6 Å². The molecule has 0 saturated heterocycles. The molecule has 0 aliphatic rings. The lowest BCUT2D eigenvalue weighted by molar-refractivity contribution is -0.121. The van der Waals surface area contributed by atoms with E-state index in [0.29, 0.717) is 11.6 Å². The van der Waals surface area contributed by atoms with Gasteiger partial charge in [0.25, 0.3) is 0 Å². The van der Waals surface area contributed by atoms with Gasteiger partial charge in [-0.3, -0.25) is 4.79 Å². The molecule has 5 heteroatoms. The SMILES string of the molecule is CNCC(=O)NC(C)(C)c1cccc(Cl)c1.Cl. The summed E-state index contributed by atoms with van der Waals surface area (Å²) < 4.78 is 0. The maximum atomic E-state index is 11.5. The normalized spacial score (nSPS) is 10.6. The monoisotopic (exact) mass is 276 g/mol. The molecular weight excluding hydrogens is 259 g/mol. The molecule has 0 atom stereocenters. The van der Waals surface area contributed by atoms with E-state index < -0.39 is 5.54 Å². The number of carbonyl (C=O) groups excluding carboxylic acids is 1. The van der Waals surface area contributed by atoms with Crippen LogP contribution in [0, 0.1) is 0 Å². The maximum absolute atomic E-state index is 11.5. The van der Waals surface area contributed by atoms with Crippen molar-refractivity contribution in [1.82, 2.24) is 10.6 Å². The molecule has 3 nitrogen and oxygen atoms in total. The van der Waals surface area contributed by atoms with Gasteiger partial charge in [-0.1, -0.05) is 23.7 Å². The Labute approximate surface area is 113 Å². The molecule has 0 aliphatic carbocycles. The van der Waals surface area contributed by atoms with Gasteiger partial charge in [-0.15, -0.1) is 12.4 Å². The molecule has 1 aromatic carbocycles. The van der Waals surface area contributed by atoms with E-state index in [1.807, 2.05) is 38.1 Å². The highest BCUT2D eigenvalue weighted by atomic mass is 35.5. The summed E-state index contributed by atoms with van der Waals surface area (Å²) in [6, 6.07) is 7.51. The van der Waals surface area contributed by atoms with Gasteiger partial charge in [-0.25, -0.2) is 0 Å². The molecule has 0 bridgehead atoms. The van der Waals surface area contributed by atoms with Gasteiger partial charge < -0.3 is 10.6 Å². The number of halogens is 2. The summed E-state index contributed by atoms with van der Waals surface area (Å²) in [6.45, 7) is 4.21. The van der Waals surface area contributed by atoms with E-state index in [2.05, 4.69) is 10.6 Å². The van der Waals surface area contributed by atoms with Crippen molar-refractivity contribution < 1.29 is 4.79 Å². The van der Waals surface area contributed by atoms with E-state index in [0.717, 1.165) is 5.56 Å². The first kappa shape index (κ1) is 16.2. The second kappa shape index (κ2) is 6.84. The molecular formula is C12H18Cl2N2O. The molecule has 0 heterocycles. The molecule has 0 radical (unpaired) electrons. The molecule has 2 N–H and O–H groups in total. The molecule has 17 heavy (non-hydrogen) atoms. The third-order valence-electron chi connectivity index (χ3n) is 2.34. The first-order valence-corrected chi connectivity index (χ1v) is 5.55. The Balaban J connectivity index is 0.00000256. The summed E-state index contributed by atoms with van der Waals surface area (Å²) in [7, 11) is 1.74. The molecule has 96 valence electrons. The van der Waals surface area contributed by atoms with Crippen LogP contribution in [-0.4, -0.2) is 19.5 Å². The largest absolute Gasteiger partial charge is 0.346 e. The average Bonchev–Trinajstić information content (AvgIpc) is 2.17. The molecule has 1 rings (SSSR count). The molecule has 0 fully saturated rings. The zero-order valence-corrected chi connectivity index (χ0v) is 11.8. The first-order chi connectivity index (χ1) is 7.45. The number of rotatable bonds is 4. The molecule has 0 saturated carbocycles. The minimum absolute atomic E-state index is 0. The van der Waals surface area contributed by atoms with Crippen molar-refractivity contribution in [1.29, 1.82) is 0 Å².